The van der Waals surface area contributed by atoms with Crippen molar-refractivity contribution in [3.8, 4) is 0 Å². The van der Waals surface area contributed by atoms with Gasteiger partial charge in [0.15, 0.2) is 0 Å². The van der Waals surface area contributed by atoms with Gasteiger partial charge in [0, 0.05) is 6.04 Å². The van der Waals surface area contributed by atoms with E-state index in [0.29, 0.717) is 11.3 Å². The van der Waals surface area contributed by atoms with E-state index in [1.54, 1.807) is 0 Å². The van der Waals surface area contributed by atoms with Crippen molar-refractivity contribution in [2.24, 2.45) is 5.73 Å². The Labute approximate surface area is 99.0 Å². The molecular weight excluding hydrogens is 194 g/mol. The highest BCUT2D eigenvalue weighted by Crippen LogP contribution is 2.41. The summed E-state index contributed by atoms with van der Waals surface area (Å²) in [4.78, 5) is 0. The Balaban J connectivity index is 2.52. The second-order valence-electron chi connectivity index (χ2n) is 6.03. The number of nitrogens with two attached hydrogens (primary N) is 1. The molecule has 16 heavy (non-hydrogen) atoms. The van der Waals surface area contributed by atoms with Gasteiger partial charge in [-0.3, -0.25) is 0 Å². The second kappa shape index (κ2) is 3.89. The summed E-state index contributed by atoms with van der Waals surface area (Å²) in [5.74, 6) is 0.586. The minimum Gasteiger partial charge on any atom is -0.324 e. The highest BCUT2D eigenvalue weighted by atomic mass is 14.6. The summed E-state index contributed by atoms with van der Waals surface area (Å²) in [5.41, 5.74) is 10.8. The third-order valence-electron chi connectivity index (χ3n) is 3.95. The zero-order chi connectivity index (χ0) is 11.9. The lowest BCUT2D eigenvalue weighted by Crippen LogP contribution is -2.29. The van der Waals surface area contributed by atoms with Gasteiger partial charge in [0.05, 0.1) is 0 Å². The molecule has 0 saturated heterocycles. The standard InChI is InChI=1S/C15H23N/c1-10(2)11-5-6-13-12(9-11)14(16)7-8-15(13,3)4/h5-6,9-10,14H,7-8,16H2,1-4H3. The lowest BCUT2D eigenvalue weighted by molar-refractivity contribution is 0.395. The fraction of sp³-hybridized carbons (Fsp3) is 0.600. The van der Waals surface area contributed by atoms with Gasteiger partial charge in [-0.25, -0.2) is 0 Å². The molecule has 1 atom stereocenters. The maximum Gasteiger partial charge on any atom is 0.0298 e. The molecule has 0 saturated carbocycles. The molecule has 88 valence electrons. The first-order valence-electron chi connectivity index (χ1n) is 6.32. The van der Waals surface area contributed by atoms with Gasteiger partial charge < -0.3 is 5.73 Å². The molecule has 0 spiro atoms. The molecule has 0 bridgehead atoms. The molecular formula is C15H23N. The molecule has 1 nitrogen and oxygen atoms in total. The van der Waals surface area contributed by atoms with E-state index in [4.69, 9.17) is 5.73 Å². The van der Waals surface area contributed by atoms with E-state index in [0.717, 1.165) is 6.42 Å². The van der Waals surface area contributed by atoms with Crippen molar-refractivity contribution in [2.75, 3.05) is 0 Å². The SMILES string of the molecule is CC(C)c1ccc2c(c1)C(N)CCC2(C)C. The maximum absolute atomic E-state index is 6.24. The van der Waals surface area contributed by atoms with Crippen molar-refractivity contribution in [2.45, 2.75) is 57.9 Å². The van der Waals surface area contributed by atoms with Crippen LogP contribution < -0.4 is 5.73 Å². The molecule has 1 aromatic carbocycles. The van der Waals surface area contributed by atoms with E-state index in [1.807, 2.05) is 0 Å². The summed E-state index contributed by atoms with van der Waals surface area (Å²) in [6, 6.07) is 7.13. The molecule has 1 heteroatoms. The van der Waals surface area contributed by atoms with E-state index in [-0.39, 0.29) is 6.04 Å². The van der Waals surface area contributed by atoms with Gasteiger partial charge in [-0.1, -0.05) is 45.9 Å². The number of rotatable bonds is 1. The highest BCUT2D eigenvalue weighted by Gasteiger charge is 2.31. The summed E-state index contributed by atoms with van der Waals surface area (Å²) in [6.45, 7) is 9.13. The second-order valence-corrected chi connectivity index (χ2v) is 6.03. The number of hydrogen-bond donors (Lipinski definition) is 1. The van der Waals surface area contributed by atoms with E-state index in [2.05, 4.69) is 45.9 Å². The van der Waals surface area contributed by atoms with Crippen molar-refractivity contribution in [3.63, 3.8) is 0 Å². The zero-order valence-electron chi connectivity index (χ0n) is 10.9. The molecule has 0 fully saturated rings. The molecule has 0 aromatic heterocycles. The average molecular weight is 217 g/mol. The normalized spacial score (nSPS) is 23.2. The van der Waals surface area contributed by atoms with Gasteiger partial charge in [0.1, 0.15) is 0 Å². The number of fused-ring (bicyclic) bond motifs is 1. The van der Waals surface area contributed by atoms with Crippen LogP contribution in [0.5, 0.6) is 0 Å². The Morgan fingerprint density at radius 3 is 2.62 bits per heavy atom. The summed E-state index contributed by atoms with van der Waals surface area (Å²) < 4.78 is 0. The predicted octanol–water partition coefficient (Wildman–Crippen LogP) is 3.88. The molecule has 1 unspecified atom stereocenters. The Bertz CT molecular complexity index is 390. The van der Waals surface area contributed by atoms with E-state index in [9.17, 15) is 0 Å². The van der Waals surface area contributed by atoms with Crippen molar-refractivity contribution < 1.29 is 0 Å². The van der Waals surface area contributed by atoms with Crippen LogP contribution in [0.1, 0.15) is 69.2 Å². The van der Waals surface area contributed by atoms with Crippen molar-refractivity contribution in [3.05, 3.63) is 34.9 Å². The van der Waals surface area contributed by atoms with Crippen LogP contribution in [0.3, 0.4) is 0 Å². The Kier molecular flexibility index (Phi) is 2.83. The molecule has 1 aliphatic carbocycles. The van der Waals surface area contributed by atoms with Crippen LogP contribution in [-0.4, -0.2) is 0 Å². The molecule has 2 N–H and O–H groups in total. The van der Waals surface area contributed by atoms with Crippen LogP contribution in [0.2, 0.25) is 0 Å². The van der Waals surface area contributed by atoms with Gasteiger partial charge in [-0.05, 0) is 40.9 Å². The number of hydrogen-bond acceptors (Lipinski definition) is 1. The molecule has 0 radical (unpaired) electrons. The summed E-state index contributed by atoms with van der Waals surface area (Å²) in [7, 11) is 0. The van der Waals surface area contributed by atoms with Crippen molar-refractivity contribution in [1.82, 2.24) is 0 Å². The van der Waals surface area contributed by atoms with Crippen LogP contribution in [-0.2, 0) is 5.41 Å². The van der Waals surface area contributed by atoms with Crippen LogP contribution in [0.25, 0.3) is 0 Å². The monoisotopic (exact) mass is 217 g/mol. The van der Waals surface area contributed by atoms with Crippen molar-refractivity contribution in [1.29, 1.82) is 0 Å². The molecule has 0 aliphatic heterocycles. The third-order valence-corrected chi connectivity index (χ3v) is 3.95. The minimum atomic E-state index is 0.238. The molecule has 0 heterocycles. The maximum atomic E-state index is 6.24. The summed E-state index contributed by atoms with van der Waals surface area (Å²) >= 11 is 0. The van der Waals surface area contributed by atoms with Gasteiger partial charge in [0.2, 0.25) is 0 Å². The highest BCUT2D eigenvalue weighted by molar-refractivity contribution is 5.41. The van der Waals surface area contributed by atoms with E-state index >= 15 is 0 Å². The quantitative estimate of drug-likeness (QED) is 0.759. The molecule has 2 rings (SSSR count). The Morgan fingerprint density at radius 1 is 1.31 bits per heavy atom. The minimum absolute atomic E-state index is 0.238. The lowest BCUT2D eigenvalue weighted by Gasteiger charge is -2.36. The zero-order valence-corrected chi connectivity index (χ0v) is 10.9. The average Bonchev–Trinajstić information content (AvgIpc) is 2.23. The molecule has 1 aliphatic rings. The van der Waals surface area contributed by atoms with Gasteiger partial charge in [-0.2, -0.15) is 0 Å². The van der Waals surface area contributed by atoms with Crippen LogP contribution in [0.4, 0.5) is 0 Å². The first-order chi connectivity index (χ1) is 7.42. The van der Waals surface area contributed by atoms with E-state index < -0.39 is 0 Å². The van der Waals surface area contributed by atoms with E-state index in [1.165, 1.54) is 23.1 Å². The largest absolute Gasteiger partial charge is 0.324 e. The molecule has 1 aromatic rings. The Hall–Kier alpha value is -0.820. The van der Waals surface area contributed by atoms with Crippen LogP contribution in [0, 0.1) is 0 Å². The third kappa shape index (κ3) is 1.89. The first kappa shape index (κ1) is 11.7. The smallest absolute Gasteiger partial charge is 0.0298 e. The topological polar surface area (TPSA) is 26.0 Å². The molecule has 0 amide bonds. The van der Waals surface area contributed by atoms with Crippen LogP contribution in [0.15, 0.2) is 18.2 Å². The van der Waals surface area contributed by atoms with Gasteiger partial charge >= 0.3 is 0 Å². The number of benzene rings is 1. The first-order valence-corrected chi connectivity index (χ1v) is 6.32. The van der Waals surface area contributed by atoms with Gasteiger partial charge in [-0.15, -0.1) is 0 Å². The van der Waals surface area contributed by atoms with Crippen molar-refractivity contribution >= 4 is 0 Å². The van der Waals surface area contributed by atoms with Crippen LogP contribution >= 0.6 is 0 Å². The summed E-state index contributed by atoms with van der Waals surface area (Å²) in [6.07, 6.45) is 2.31. The van der Waals surface area contributed by atoms with Gasteiger partial charge in [0.25, 0.3) is 0 Å². The lowest BCUT2D eigenvalue weighted by atomic mass is 9.70. The fourth-order valence-corrected chi connectivity index (χ4v) is 2.67. The fourth-order valence-electron chi connectivity index (χ4n) is 2.67. The predicted molar refractivity (Wildman–Crippen MR) is 69.7 cm³/mol. The summed E-state index contributed by atoms with van der Waals surface area (Å²) in [5, 5.41) is 0. The Morgan fingerprint density at radius 2 is 2.00 bits per heavy atom.